The Kier molecular flexibility index (Phi) is 3.56. The molecule has 2 aromatic rings. The van der Waals surface area contributed by atoms with Crippen LogP contribution >= 0.6 is 27.5 Å². The van der Waals surface area contributed by atoms with Crippen LogP contribution < -0.4 is 0 Å². The van der Waals surface area contributed by atoms with Gasteiger partial charge in [-0.25, -0.2) is 12.8 Å². The lowest BCUT2D eigenvalue weighted by atomic mass is 10.2. The Labute approximate surface area is 129 Å². The number of rotatable bonds is 2. The summed E-state index contributed by atoms with van der Waals surface area (Å²) in [6, 6.07) is 2.57. The number of sulfonamides is 1. The maximum atomic E-state index is 13.9. The van der Waals surface area contributed by atoms with E-state index in [4.69, 9.17) is 11.6 Å². The number of aromatic nitrogens is 1. The van der Waals surface area contributed by atoms with Crippen LogP contribution in [0.15, 0.2) is 21.6 Å². The van der Waals surface area contributed by atoms with E-state index in [2.05, 4.69) is 20.9 Å². The summed E-state index contributed by atoms with van der Waals surface area (Å²) in [7, 11) is -3.60. The highest BCUT2D eigenvalue weighted by molar-refractivity contribution is 9.10. The molecule has 0 aliphatic carbocycles. The number of aromatic amines is 1. The van der Waals surface area contributed by atoms with Crippen molar-refractivity contribution < 1.29 is 12.8 Å². The number of nitrogens with one attached hydrogen (secondary N) is 1. The standard InChI is InChI=1S/C12H11BrClFN2O2S/c13-11-7-5-10(16-12(7)9(15)6-8(11)14)20(18,19)17-3-1-2-4-17/h5-6,16H,1-4H2. The smallest absolute Gasteiger partial charge is 0.258 e. The molecule has 1 aliphatic heterocycles. The van der Waals surface area contributed by atoms with E-state index in [0.717, 1.165) is 18.9 Å². The predicted molar refractivity (Wildman–Crippen MR) is 79.0 cm³/mol. The van der Waals surface area contributed by atoms with Crippen molar-refractivity contribution in [2.45, 2.75) is 17.9 Å². The minimum Gasteiger partial charge on any atom is -0.342 e. The SMILES string of the molecule is O=S(=O)(c1cc2c(Br)c(Cl)cc(F)c2[nH]1)N1CCCC1. The third-order valence-electron chi connectivity index (χ3n) is 3.41. The summed E-state index contributed by atoms with van der Waals surface area (Å²) in [6.07, 6.45) is 1.70. The van der Waals surface area contributed by atoms with E-state index < -0.39 is 15.8 Å². The zero-order valence-electron chi connectivity index (χ0n) is 10.3. The largest absolute Gasteiger partial charge is 0.342 e. The normalized spacial score (nSPS) is 17.1. The van der Waals surface area contributed by atoms with Crippen LogP contribution in [-0.4, -0.2) is 30.8 Å². The van der Waals surface area contributed by atoms with Gasteiger partial charge in [0.25, 0.3) is 10.0 Å². The van der Waals surface area contributed by atoms with E-state index >= 15 is 0 Å². The molecule has 1 saturated heterocycles. The first-order valence-corrected chi connectivity index (χ1v) is 8.69. The molecule has 2 heterocycles. The van der Waals surface area contributed by atoms with Crippen molar-refractivity contribution in [2.75, 3.05) is 13.1 Å². The van der Waals surface area contributed by atoms with E-state index in [1.54, 1.807) is 0 Å². The number of hydrogen-bond acceptors (Lipinski definition) is 2. The van der Waals surface area contributed by atoms with E-state index in [1.807, 2.05) is 0 Å². The van der Waals surface area contributed by atoms with Crippen molar-refractivity contribution in [3.8, 4) is 0 Å². The second-order valence-electron chi connectivity index (χ2n) is 4.69. The Hall–Kier alpha value is -0.630. The molecule has 108 valence electrons. The van der Waals surface area contributed by atoms with Crippen LogP contribution in [0.3, 0.4) is 0 Å². The Balaban J connectivity index is 2.19. The van der Waals surface area contributed by atoms with Gasteiger partial charge in [-0.15, -0.1) is 0 Å². The maximum Gasteiger partial charge on any atom is 0.258 e. The van der Waals surface area contributed by atoms with Gasteiger partial charge in [0, 0.05) is 22.9 Å². The van der Waals surface area contributed by atoms with Gasteiger partial charge in [-0.3, -0.25) is 0 Å². The fourth-order valence-corrected chi connectivity index (χ4v) is 4.51. The Morgan fingerprint density at radius 2 is 1.95 bits per heavy atom. The van der Waals surface area contributed by atoms with Gasteiger partial charge in [0.2, 0.25) is 0 Å². The van der Waals surface area contributed by atoms with Crippen LogP contribution in [0.2, 0.25) is 5.02 Å². The first-order valence-electron chi connectivity index (χ1n) is 6.07. The number of halogens is 3. The van der Waals surface area contributed by atoms with E-state index in [9.17, 15) is 12.8 Å². The van der Waals surface area contributed by atoms with Crippen LogP contribution in [0.25, 0.3) is 10.9 Å². The van der Waals surface area contributed by atoms with Gasteiger partial charge in [-0.2, -0.15) is 4.31 Å². The number of hydrogen-bond donors (Lipinski definition) is 1. The highest BCUT2D eigenvalue weighted by Crippen LogP contribution is 2.35. The maximum absolute atomic E-state index is 13.9. The molecule has 0 amide bonds. The van der Waals surface area contributed by atoms with Gasteiger partial charge in [0.15, 0.2) is 0 Å². The molecular weight excluding hydrogens is 371 g/mol. The first-order chi connectivity index (χ1) is 9.41. The second kappa shape index (κ2) is 4.98. The van der Waals surface area contributed by atoms with Crippen molar-refractivity contribution >= 4 is 48.5 Å². The van der Waals surface area contributed by atoms with Crippen molar-refractivity contribution in [3.05, 3.63) is 27.4 Å². The zero-order chi connectivity index (χ0) is 14.5. The average molecular weight is 382 g/mol. The van der Waals surface area contributed by atoms with Crippen molar-refractivity contribution in [2.24, 2.45) is 0 Å². The summed E-state index contributed by atoms with van der Waals surface area (Å²) in [4.78, 5) is 2.66. The first kappa shape index (κ1) is 14.3. The van der Waals surface area contributed by atoms with Gasteiger partial charge in [0.05, 0.1) is 10.5 Å². The molecule has 20 heavy (non-hydrogen) atoms. The Morgan fingerprint density at radius 1 is 1.30 bits per heavy atom. The predicted octanol–water partition coefficient (Wildman–Crippen LogP) is 3.51. The molecular formula is C12H11BrClFN2O2S. The second-order valence-corrected chi connectivity index (χ2v) is 7.79. The Bertz CT molecular complexity index is 784. The van der Waals surface area contributed by atoms with Crippen molar-refractivity contribution in [3.63, 3.8) is 0 Å². The lowest BCUT2D eigenvalue weighted by molar-refractivity contribution is 0.475. The quantitative estimate of drug-likeness (QED) is 0.809. The van der Waals surface area contributed by atoms with Gasteiger partial charge >= 0.3 is 0 Å². The van der Waals surface area contributed by atoms with Crippen LogP contribution in [0.1, 0.15) is 12.8 Å². The van der Waals surface area contributed by atoms with Gasteiger partial charge in [0.1, 0.15) is 10.8 Å². The monoisotopic (exact) mass is 380 g/mol. The van der Waals surface area contributed by atoms with Crippen molar-refractivity contribution in [1.82, 2.24) is 9.29 Å². The van der Waals surface area contributed by atoms with Gasteiger partial charge < -0.3 is 4.98 Å². The van der Waals surface area contributed by atoms with E-state index in [1.165, 1.54) is 10.4 Å². The summed E-state index contributed by atoms with van der Waals surface area (Å²) in [5.74, 6) is -0.573. The highest BCUT2D eigenvalue weighted by Gasteiger charge is 2.29. The molecule has 1 aliphatic rings. The zero-order valence-corrected chi connectivity index (χ0v) is 13.4. The third kappa shape index (κ3) is 2.16. The summed E-state index contributed by atoms with van der Waals surface area (Å²) in [5, 5.41) is 0.628. The molecule has 1 aromatic heterocycles. The summed E-state index contributed by atoms with van der Waals surface area (Å²) < 4.78 is 40.6. The average Bonchev–Trinajstić information content (AvgIpc) is 3.05. The lowest BCUT2D eigenvalue weighted by Gasteiger charge is -2.13. The molecule has 3 rings (SSSR count). The molecule has 0 spiro atoms. The number of fused-ring (bicyclic) bond motifs is 1. The highest BCUT2D eigenvalue weighted by atomic mass is 79.9. The van der Waals surface area contributed by atoms with Crippen LogP contribution in [-0.2, 0) is 10.0 Å². The van der Waals surface area contributed by atoms with Gasteiger partial charge in [-0.05, 0) is 40.9 Å². The molecule has 1 N–H and O–H groups in total. The lowest BCUT2D eigenvalue weighted by Crippen LogP contribution is -2.28. The molecule has 1 aromatic carbocycles. The fourth-order valence-electron chi connectivity index (χ4n) is 2.37. The topological polar surface area (TPSA) is 53.2 Å². The van der Waals surface area contributed by atoms with Crippen LogP contribution in [0.5, 0.6) is 0 Å². The number of H-pyrrole nitrogens is 1. The summed E-state index contributed by atoms with van der Waals surface area (Å²) in [6.45, 7) is 1.00. The fraction of sp³-hybridized carbons (Fsp3) is 0.333. The summed E-state index contributed by atoms with van der Waals surface area (Å²) >= 11 is 9.13. The van der Waals surface area contributed by atoms with Crippen LogP contribution in [0, 0.1) is 5.82 Å². The third-order valence-corrected chi connectivity index (χ3v) is 6.62. The summed E-state index contributed by atoms with van der Waals surface area (Å²) in [5.41, 5.74) is 0.138. The van der Waals surface area contributed by atoms with Crippen molar-refractivity contribution in [1.29, 1.82) is 0 Å². The van der Waals surface area contributed by atoms with Crippen LogP contribution in [0.4, 0.5) is 4.39 Å². The molecule has 0 bridgehead atoms. The number of nitrogens with zero attached hydrogens (tertiary/aromatic N) is 1. The molecule has 4 nitrogen and oxygen atoms in total. The molecule has 0 saturated carbocycles. The van der Waals surface area contributed by atoms with Gasteiger partial charge in [-0.1, -0.05) is 11.6 Å². The molecule has 1 fully saturated rings. The van der Waals surface area contributed by atoms with E-state index in [0.29, 0.717) is 22.9 Å². The minimum absolute atomic E-state index is 0.00346. The molecule has 0 unspecified atom stereocenters. The minimum atomic E-state index is -3.60. The number of benzene rings is 1. The molecule has 8 heteroatoms. The van der Waals surface area contributed by atoms with E-state index in [-0.39, 0.29) is 15.6 Å². The molecule has 0 radical (unpaired) electrons. The molecule has 0 atom stereocenters. The Morgan fingerprint density at radius 3 is 2.60 bits per heavy atom.